The molecule has 0 spiro atoms. The number of halogens is 3. The van der Waals surface area contributed by atoms with Gasteiger partial charge in [0.15, 0.2) is 5.88 Å². The number of rotatable bonds is 1. The molecular formula is C8H15F3N2O. The number of aliphatic hydroxyl groups is 1. The standard InChI is InChI=1S/C6H9F3N2O.C2H6/c1-2-11-5(12)3-4(10-11)6(7,8)9;1-2/h3-4,10,12H,2H2,1H3;1-2H3. The summed E-state index contributed by atoms with van der Waals surface area (Å²) in [5.41, 5.74) is 2.10. The quantitative estimate of drug-likeness (QED) is 0.699. The molecule has 0 amide bonds. The minimum atomic E-state index is -4.35. The van der Waals surface area contributed by atoms with Crippen molar-refractivity contribution in [3.05, 3.63) is 12.0 Å². The fraction of sp³-hybridized carbons (Fsp3) is 0.750. The molecule has 0 saturated heterocycles. The van der Waals surface area contributed by atoms with E-state index in [4.69, 9.17) is 5.11 Å². The molecule has 0 fully saturated rings. The second-order valence-electron chi connectivity index (χ2n) is 2.42. The molecule has 84 valence electrons. The van der Waals surface area contributed by atoms with Crippen LogP contribution in [0.2, 0.25) is 0 Å². The number of hydrazine groups is 1. The lowest BCUT2D eigenvalue weighted by atomic mass is 10.3. The number of nitrogens with zero attached hydrogens (tertiary/aromatic N) is 1. The van der Waals surface area contributed by atoms with Crippen LogP contribution in [0.4, 0.5) is 13.2 Å². The minimum absolute atomic E-state index is 0.287. The Morgan fingerprint density at radius 1 is 1.50 bits per heavy atom. The lowest BCUT2D eigenvalue weighted by Crippen LogP contribution is -2.44. The van der Waals surface area contributed by atoms with Crippen molar-refractivity contribution < 1.29 is 18.3 Å². The maximum absolute atomic E-state index is 12.0. The molecule has 1 aliphatic heterocycles. The highest BCUT2D eigenvalue weighted by Crippen LogP contribution is 2.25. The fourth-order valence-corrected chi connectivity index (χ4v) is 0.931. The summed E-state index contributed by atoms with van der Waals surface area (Å²) in [6.07, 6.45) is -3.61. The van der Waals surface area contributed by atoms with Gasteiger partial charge in [-0.15, -0.1) is 0 Å². The van der Waals surface area contributed by atoms with Gasteiger partial charge in [-0.25, -0.2) is 5.43 Å². The van der Waals surface area contributed by atoms with Gasteiger partial charge in [0.05, 0.1) is 0 Å². The van der Waals surface area contributed by atoms with E-state index in [1.807, 2.05) is 13.8 Å². The molecule has 1 atom stereocenters. The van der Waals surface area contributed by atoms with E-state index in [2.05, 4.69) is 5.43 Å². The van der Waals surface area contributed by atoms with Gasteiger partial charge >= 0.3 is 6.18 Å². The average Bonchev–Trinajstić information content (AvgIpc) is 2.49. The van der Waals surface area contributed by atoms with E-state index in [1.165, 1.54) is 0 Å². The molecule has 0 aromatic carbocycles. The molecule has 6 heteroatoms. The molecular weight excluding hydrogens is 197 g/mol. The van der Waals surface area contributed by atoms with Crippen molar-refractivity contribution in [3.63, 3.8) is 0 Å². The smallest absolute Gasteiger partial charge is 0.409 e. The second kappa shape index (κ2) is 5.09. The summed E-state index contributed by atoms with van der Waals surface area (Å²) in [6, 6.07) is -1.77. The van der Waals surface area contributed by atoms with Crippen molar-refractivity contribution in [2.75, 3.05) is 6.54 Å². The molecule has 14 heavy (non-hydrogen) atoms. The Bertz CT molecular complexity index is 203. The third-order valence-corrected chi connectivity index (χ3v) is 1.56. The molecule has 0 aromatic rings. The Labute approximate surface area is 81.2 Å². The predicted octanol–water partition coefficient (Wildman–Crippen LogP) is 2.18. The van der Waals surface area contributed by atoms with Gasteiger partial charge in [-0.1, -0.05) is 13.8 Å². The van der Waals surface area contributed by atoms with Gasteiger partial charge in [-0.2, -0.15) is 13.2 Å². The van der Waals surface area contributed by atoms with Crippen LogP contribution < -0.4 is 5.43 Å². The van der Waals surface area contributed by atoms with E-state index >= 15 is 0 Å². The first-order valence-electron chi connectivity index (χ1n) is 4.46. The molecule has 0 radical (unpaired) electrons. The summed E-state index contributed by atoms with van der Waals surface area (Å²) in [7, 11) is 0. The van der Waals surface area contributed by atoms with Crippen LogP contribution in [-0.4, -0.2) is 28.9 Å². The molecule has 1 unspecified atom stereocenters. The first-order valence-corrected chi connectivity index (χ1v) is 4.46. The Morgan fingerprint density at radius 2 is 2.00 bits per heavy atom. The highest BCUT2D eigenvalue weighted by atomic mass is 19.4. The average molecular weight is 212 g/mol. The van der Waals surface area contributed by atoms with Crippen molar-refractivity contribution in [2.24, 2.45) is 0 Å². The van der Waals surface area contributed by atoms with Crippen molar-refractivity contribution in [2.45, 2.75) is 33.0 Å². The van der Waals surface area contributed by atoms with Crippen LogP contribution in [0.15, 0.2) is 12.0 Å². The maximum Gasteiger partial charge on any atom is 0.409 e. The normalized spacial score (nSPS) is 21.4. The third kappa shape index (κ3) is 3.10. The SMILES string of the molecule is CC.CCN1NC(C(F)(F)F)C=C1O. The zero-order valence-electron chi connectivity index (χ0n) is 8.39. The van der Waals surface area contributed by atoms with E-state index in [-0.39, 0.29) is 12.4 Å². The van der Waals surface area contributed by atoms with Gasteiger partial charge in [0, 0.05) is 12.6 Å². The van der Waals surface area contributed by atoms with Gasteiger partial charge in [0.1, 0.15) is 6.04 Å². The molecule has 0 aliphatic carbocycles. The third-order valence-electron chi connectivity index (χ3n) is 1.56. The highest BCUT2D eigenvalue weighted by molar-refractivity contribution is 5.06. The number of hydrogen-bond donors (Lipinski definition) is 2. The van der Waals surface area contributed by atoms with E-state index in [0.717, 1.165) is 11.1 Å². The Balaban J connectivity index is 0.000000791. The fourth-order valence-electron chi connectivity index (χ4n) is 0.931. The summed E-state index contributed by atoms with van der Waals surface area (Å²) >= 11 is 0. The van der Waals surface area contributed by atoms with Crippen LogP contribution in [0.25, 0.3) is 0 Å². The van der Waals surface area contributed by atoms with Gasteiger partial charge in [0.2, 0.25) is 0 Å². The lowest BCUT2D eigenvalue weighted by Gasteiger charge is -2.19. The van der Waals surface area contributed by atoms with Crippen LogP contribution in [-0.2, 0) is 0 Å². The van der Waals surface area contributed by atoms with Crippen LogP contribution in [0.1, 0.15) is 20.8 Å². The number of aliphatic hydroxyl groups excluding tert-OH is 1. The number of hydrogen-bond acceptors (Lipinski definition) is 3. The van der Waals surface area contributed by atoms with Crippen LogP contribution in [0.3, 0.4) is 0 Å². The van der Waals surface area contributed by atoms with Crippen molar-refractivity contribution in [3.8, 4) is 0 Å². The maximum atomic E-state index is 12.0. The van der Waals surface area contributed by atoms with Crippen molar-refractivity contribution in [1.29, 1.82) is 0 Å². The zero-order valence-corrected chi connectivity index (χ0v) is 8.39. The van der Waals surface area contributed by atoms with E-state index in [9.17, 15) is 13.2 Å². The van der Waals surface area contributed by atoms with Crippen molar-refractivity contribution in [1.82, 2.24) is 10.4 Å². The molecule has 2 N–H and O–H groups in total. The van der Waals surface area contributed by atoms with Crippen LogP contribution >= 0.6 is 0 Å². The number of nitrogens with one attached hydrogen (secondary N) is 1. The topological polar surface area (TPSA) is 35.5 Å². The van der Waals surface area contributed by atoms with Gasteiger partial charge < -0.3 is 5.11 Å². The summed E-state index contributed by atoms with van der Waals surface area (Å²) < 4.78 is 36.0. The van der Waals surface area contributed by atoms with E-state index in [0.29, 0.717) is 0 Å². The van der Waals surface area contributed by atoms with E-state index in [1.54, 1.807) is 6.92 Å². The lowest BCUT2D eigenvalue weighted by molar-refractivity contribution is -0.149. The summed E-state index contributed by atoms with van der Waals surface area (Å²) in [5, 5.41) is 9.99. The predicted molar refractivity (Wildman–Crippen MR) is 47.4 cm³/mol. The van der Waals surface area contributed by atoms with Gasteiger partial charge in [0.25, 0.3) is 0 Å². The molecule has 1 aliphatic rings. The van der Waals surface area contributed by atoms with Crippen LogP contribution in [0.5, 0.6) is 0 Å². The molecule has 0 aromatic heterocycles. The summed E-state index contributed by atoms with van der Waals surface area (Å²) in [5.74, 6) is -0.375. The van der Waals surface area contributed by atoms with Gasteiger partial charge in [-0.05, 0) is 6.92 Å². The second-order valence-corrected chi connectivity index (χ2v) is 2.42. The first-order chi connectivity index (χ1) is 6.45. The van der Waals surface area contributed by atoms with Crippen LogP contribution in [0, 0.1) is 0 Å². The van der Waals surface area contributed by atoms with E-state index < -0.39 is 12.2 Å². The van der Waals surface area contributed by atoms with Gasteiger partial charge in [-0.3, -0.25) is 5.01 Å². The Kier molecular flexibility index (Phi) is 4.76. The first kappa shape index (κ1) is 13.1. The number of alkyl halides is 3. The van der Waals surface area contributed by atoms with Crippen molar-refractivity contribution >= 4 is 0 Å². The largest absolute Gasteiger partial charge is 0.494 e. The molecule has 0 saturated carbocycles. The Morgan fingerprint density at radius 3 is 2.21 bits per heavy atom. The highest BCUT2D eigenvalue weighted by Gasteiger charge is 2.42. The summed E-state index contributed by atoms with van der Waals surface area (Å²) in [4.78, 5) is 0. The zero-order chi connectivity index (χ0) is 11.4. The molecule has 0 bridgehead atoms. The molecule has 1 rings (SSSR count). The molecule has 3 nitrogen and oxygen atoms in total. The monoisotopic (exact) mass is 212 g/mol. The minimum Gasteiger partial charge on any atom is -0.494 e. The molecule has 1 heterocycles. The summed E-state index contributed by atoms with van der Waals surface area (Å²) in [6.45, 7) is 5.92. The Hall–Kier alpha value is -0.910.